The zero-order valence-corrected chi connectivity index (χ0v) is 9.40. The van der Waals surface area contributed by atoms with Gasteiger partial charge in [-0.2, -0.15) is 0 Å². The van der Waals surface area contributed by atoms with Crippen molar-refractivity contribution >= 4 is 11.7 Å². The first-order chi connectivity index (χ1) is 7.09. The van der Waals surface area contributed by atoms with Crippen molar-refractivity contribution in [3.05, 3.63) is 0 Å². The van der Waals surface area contributed by atoms with Crippen molar-refractivity contribution < 1.29 is 9.59 Å². The summed E-state index contributed by atoms with van der Waals surface area (Å²) < 4.78 is 0. The Morgan fingerprint density at radius 2 is 2.13 bits per heavy atom. The van der Waals surface area contributed by atoms with Crippen LogP contribution in [-0.2, 0) is 9.59 Å². The third-order valence-electron chi connectivity index (χ3n) is 3.60. The summed E-state index contributed by atoms with van der Waals surface area (Å²) in [5, 5.41) is 3.58. The molecule has 2 fully saturated rings. The zero-order chi connectivity index (χ0) is 11.0. The monoisotopic (exact) mass is 210 g/mol. The second-order valence-electron chi connectivity index (χ2n) is 4.69. The van der Waals surface area contributed by atoms with Crippen molar-refractivity contribution in [1.82, 2.24) is 10.0 Å². The molecule has 4 nitrogen and oxygen atoms in total. The molecule has 15 heavy (non-hydrogen) atoms. The number of rotatable bonds is 3. The molecule has 0 aromatic heterocycles. The van der Waals surface area contributed by atoms with E-state index >= 15 is 0 Å². The number of carbonyl (C=O) groups is 2. The number of carbonyl (C=O) groups excluding carboxylic acids is 2. The van der Waals surface area contributed by atoms with Crippen LogP contribution in [0.4, 0.5) is 0 Å². The van der Waals surface area contributed by atoms with Crippen molar-refractivity contribution in [2.45, 2.75) is 38.6 Å². The summed E-state index contributed by atoms with van der Waals surface area (Å²) in [6.45, 7) is 1.76. The van der Waals surface area contributed by atoms with Crippen molar-refractivity contribution in [1.29, 1.82) is 0 Å². The van der Waals surface area contributed by atoms with E-state index in [1.54, 1.807) is 5.01 Å². The van der Waals surface area contributed by atoms with Gasteiger partial charge in [0.2, 0.25) is 5.91 Å². The Bertz CT molecular complexity index is 286. The molecule has 1 aliphatic heterocycles. The first kappa shape index (κ1) is 10.6. The molecule has 0 N–H and O–H groups in total. The van der Waals surface area contributed by atoms with Crippen LogP contribution in [0, 0.1) is 5.92 Å². The lowest BCUT2D eigenvalue weighted by atomic mass is 9.79. The molecule has 1 saturated carbocycles. The van der Waals surface area contributed by atoms with Crippen LogP contribution in [0.3, 0.4) is 0 Å². The van der Waals surface area contributed by atoms with E-state index in [0.717, 1.165) is 0 Å². The van der Waals surface area contributed by atoms with Gasteiger partial charge in [-0.1, -0.05) is 6.42 Å². The molecule has 0 spiro atoms. The summed E-state index contributed by atoms with van der Waals surface area (Å²) in [6.07, 6.45) is 4.34. The van der Waals surface area contributed by atoms with Crippen LogP contribution in [0.15, 0.2) is 0 Å². The van der Waals surface area contributed by atoms with Crippen LogP contribution in [0.1, 0.15) is 32.6 Å². The number of hydrogen-bond donors (Lipinski definition) is 0. The molecule has 1 amide bonds. The van der Waals surface area contributed by atoms with Crippen molar-refractivity contribution in [3.8, 4) is 0 Å². The van der Waals surface area contributed by atoms with Crippen LogP contribution in [-0.4, -0.2) is 41.3 Å². The Balaban J connectivity index is 2.01. The van der Waals surface area contributed by atoms with Crippen LogP contribution in [0.5, 0.6) is 0 Å². The smallest absolute Gasteiger partial charge is 0.238 e. The molecule has 0 bridgehead atoms. The third-order valence-corrected chi connectivity index (χ3v) is 3.60. The first-order valence-corrected chi connectivity index (χ1v) is 5.62. The molecular weight excluding hydrogens is 192 g/mol. The fourth-order valence-electron chi connectivity index (χ4n) is 2.48. The predicted octanol–water partition coefficient (Wildman–Crippen LogP) is 0.823. The van der Waals surface area contributed by atoms with E-state index in [0.29, 0.717) is 18.4 Å². The third kappa shape index (κ3) is 1.91. The summed E-state index contributed by atoms with van der Waals surface area (Å²) in [4.78, 5) is 22.7. The average Bonchev–Trinajstić information content (AvgIpc) is 2.30. The molecule has 84 valence electrons. The minimum absolute atomic E-state index is 0.0458. The normalized spacial score (nSPS) is 28.3. The van der Waals surface area contributed by atoms with Crippen LogP contribution >= 0.6 is 0 Å². The summed E-state index contributed by atoms with van der Waals surface area (Å²) in [6, 6.07) is 0.339. The predicted molar refractivity (Wildman–Crippen MR) is 55.9 cm³/mol. The standard InChI is InChI=1S/C11H18N2O2/c1-8(14)7-13-11(15)6-10(12(13)2)9-4-3-5-9/h9-10H,3-7H2,1-2H3. The Morgan fingerprint density at radius 3 is 2.60 bits per heavy atom. The topological polar surface area (TPSA) is 40.6 Å². The molecule has 2 aliphatic rings. The van der Waals surface area contributed by atoms with Gasteiger partial charge in [0.1, 0.15) is 0 Å². The summed E-state index contributed by atoms with van der Waals surface area (Å²) in [5.41, 5.74) is 0. The van der Waals surface area contributed by atoms with E-state index < -0.39 is 0 Å². The fraction of sp³-hybridized carbons (Fsp3) is 0.818. The van der Waals surface area contributed by atoms with E-state index in [1.807, 2.05) is 12.1 Å². The number of hydrazine groups is 1. The summed E-state index contributed by atoms with van der Waals surface area (Å²) in [5.74, 6) is 0.810. The first-order valence-electron chi connectivity index (χ1n) is 5.62. The minimum Gasteiger partial charge on any atom is -0.298 e. The molecular formula is C11H18N2O2. The molecule has 2 rings (SSSR count). The fourth-order valence-corrected chi connectivity index (χ4v) is 2.48. The van der Waals surface area contributed by atoms with Crippen molar-refractivity contribution in [2.24, 2.45) is 5.92 Å². The largest absolute Gasteiger partial charge is 0.298 e. The van der Waals surface area contributed by atoms with Gasteiger partial charge in [0.05, 0.1) is 6.54 Å². The van der Waals surface area contributed by atoms with Gasteiger partial charge in [0, 0.05) is 19.5 Å². The zero-order valence-electron chi connectivity index (χ0n) is 9.40. The maximum Gasteiger partial charge on any atom is 0.238 e. The molecule has 4 heteroatoms. The highest BCUT2D eigenvalue weighted by molar-refractivity contribution is 5.85. The van der Waals surface area contributed by atoms with Crippen molar-refractivity contribution in [2.75, 3.05) is 13.6 Å². The maximum absolute atomic E-state index is 11.7. The lowest BCUT2D eigenvalue weighted by Gasteiger charge is -2.36. The maximum atomic E-state index is 11.7. The highest BCUT2D eigenvalue weighted by atomic mass is 16.2. The Hall–Kier alpha value is -0.900. The van der Waals surface area contributed by atoms with E-state index in [1.165, 1.54) is 26.2 Å². The quantitative estimate of drug-likeness (QED) is 0.692. The Labute approximate surface area is 90.2 Å². The number of amides is 1. The van der Waals surface area contributed by atoms with Gasteiger partial charge in [-0.3, -0.25) is 14.6 Å². The molecule has 1 heterocycles. The molecule has 1 unspecified atom stereocenters. The number of ketones is 1. The molecule has 0 radical (unpaired) electrons. The lowest BCUT2D eigenvalue weighted by Crippen LogP contribution is -2.45. The number of nitrogens with zero attached hydrogens (tertiary/aromatic N) is 2. The SMILES string of the molecule is CC(=O)CN1C(=O)CC(C2CCC2)N1C. The second kappa shape index (κ2) is 3.93. The van der Waals surface area contributed by atoms with E-state index in [9.17, 15) is 9.59 Å². The highest BCUT2D eigenvalue weighted by Crippen LogP contribution is 2.36. The van der Waals surface area contributed by atoms with Gasteiger partial charge in [0.25, 0.3) is 0 Å². The average molecular weight is 210 g/mol. The number of hydrogen-bond acceptors (Lipinski definition) is 3. The molecule has 1 saturated heterocycles. The minimum atomic E-state index is 0.0458. The Kier molecular flexibility index (Phi) is 2.78. The van der Waals surface area contributed by atoms with Crippen molar-refractivity contribution in [3.63, 3.8) is 0 Å². The van der Waals surface area contributed by atoms with Gasteiger partial charge < -0.3 is 0 Å². The van der Waals surface area contributed by atoms with Crippen LogP contribution < -0.4 is 0 Å². The second-order valence-corrected chi connectivity index (χ2v) is 4.69. The van der Waals surface area contributed by atoms with E-state index in [4.69, 9.17) is 0 Å². The highest BCUT2D eigenvalue weighted by Gasteiger charge is 2.41. The summed E-state index contributed by atoms with van der Waals surface area (Å²) in [7, 11) is 1.93. The lowest BCUT2D eigenvalue weighted by molar-refractivity contribution is -0.142. The van der Waals surface area contributed by atoms with E-state index in [-0.39, 0.29) is 18.2 Å². The van der Waals surface area contributed by atoms with Gasteiger partial charge in [-0.15, -0.1) is 0 Å². The Morgan fingerprint density at radius 1 is 1.47 bits per heavy atom. The van der Waals surface area contributed by atoms with E-state index in [2.05, 4.69) is 0 Å². The van der Waals surface area contributed by atoms with Crippen LogP contribution in [0.25, 0.3) is 0 Å². The number of Topliss-reactive ketones (excluding diaryl/α,β-unsaturated/α-hetero) is 1. The molecule has 0 aromatic rings. The van der Waals surface area contributed by atoms with Gasteiger partial charge >= 0.3 is 0 Å². The van der Waals surface area contributed by atoms with Gasteiger partial charge in [-0.05, 0) is 25.7 Å². The van der Waals surface area contributed by atoms with Gasteiger partial charge in [0.15, 0.2) is 5.78 Å². The summed E-state index contributed by atoms with van der Waals surface area (Å²) >= 11 is 0. The van der Waals surface area contributed by atoms with Gasteiger partial charge in [-0.25, -0.2) is 5.01 Å². The molecule has 0 aromatic carbocycles. The van der Waals surface area contributed by atoms with Crippen LogP contribution in [0.2, 0.25) is 0 Å². The molecule has 1 aliphatic carbocycles. The molecule has 1 atom stereocenters.